The van der Waals surface area contributed by atoms with Crippen LogP contribution in [0, 0.1) is 0 Å². The fraction of sp³-hybridized carbons (Fsp3) is 0.800. The Balaban J connectivity index is 3.02. The van der Waals surface area contributed by atoms with Crippen LogP contribution in [0.25, 0.3) is 0 Å². The van der Waals surface area contributed by atoms with E-state index in [9.17, 15) is 0 Å². The van der Waals surface area contributed by atoms with Gasteiger partial charge in [0, 0.05) is 0 Å². The Morgan fingerprint density at radius 3 is 2.55 bits per heavy atom. The number of rotatable bonds is 6. The molecule has 0 saturated heterocycles. The molecular weight excluding hydrogens is 136 g/mol. The fourth-order valence-corrected chi connectivity index (χ4v) is 0.845. The lowest BCUT2D eigenvalue weighted by atomic mass is 10.2. The van der Waals surface area contributed by atoms with Crippen LogP contribution in [-0.4, -0.2) is 6.61 Å². The van der Waals surface area contributed by atoms with E-state index in [1.165, 1.54) is 25.7 Å². The Kier molecular flexibility index (Phi) is 7.33. The molecule has 11 heavy (non-hydrogen) atoms. The summed E-state index contributed by atoms with van der Waals surface area (Å²) in [4.78, 5) is 0. The van der Waals surface area contributed by atoms with Crippen LogP contribution in [0.15, 0.2) is 11.8 Å². The van der Waals surface area contributed by atoms with E-state index in [-0.39, 0.29) is 0 Å². The van der Waals surface area contributed by atoms with Crippen molar-refractivity contribution in [1.82, 2.24) is 0 Å². The smallest absolute Gasteiger partial charge is 0.0886 e. The summed E-state index contributed by atoms with van der Waals surface area (Å²) in [6.07, 6.45) is 7.12. The van der Waals surface area contributed by atoms with Gasteiger partial charge in [-0.15, -0.1) is 0 Å². The lowest BCUT2D eigenvalue weighted by Crippen LogP contribution is -1.91. The molecule has 0 aromatic rings. The molecule has 0 saturated carbocycles. The van der Waals surface area contributed by atoms with Crippen LogP contribution in [0.5, 0.6) is 0 Å². The first-order valence-electron chi connectivity index (χ1n) is 4.57. The average molecular weight is 156 g/mol. The molecule has 66 valence electrons. The molecule has 0 rings (SSSR count). The Bertz CT molecular complexity index is 105. The standard InChI is InChI=1S/C10H20O/c1-4-6-7-8-9-11-10(3)5-2/h5H,4,6-9H2,1-3H3. The summed E-state index contributed by atoms with van der Waals surface area (Å²) in [5.74, 6) is 1.04. The van der Waals surface area contributed by atoms with Gasteiger partial charge in [-0.25, -0.2) is 0 Å². The number of allylic oxidation sites excluding steroid dienone is 2. The van der Waals surface area contributed by atoms with Crippen molar-refractivity contribution in [2.75, 3.05) is 6.61 Å². The molecule has 0 radical (unpaired) electrons. The van der Waals surface area contributed by atoms with Crippen LogP contribution in [0.3, 0.4) is 0 Å². The summed E-state index contributed by atoms with van der Waals surface area (Å²) in [6.45, 7) is 7.11. The van der Waals surface area contributed by atoms with E-state index in [1.54, 1.807) is 0 Å². The van der Waals surface area contributed by atoms with E-state index in [4.69, 9.17) is 4.74 Å². The molecule has 0 amide bonds. The second-order valence-corrected chi connectivity index (χ2v) is 2.81. The molecule has 0 atom stereocenters. The maximum Gasteiger partial charge on any atom is 0.0886 e. The molecule has 1 heteroatoms. The van der Waals surface area contributed by atoms with Crippen LogP contribution in [0.1, 0.15) is 46.5 Å². The van der Waals surface area contributed by atoms with Crippen molar-refractivity contribution in [1.29, 1.82) is 0 Å². The topological polar surface area (TPSA) is 9.23 Å². The monoisotopic (exact) mass is 156 g/mol. The first kappa shape index (κ1) is 10.5. The third-order valence-electron chi connectivity index (χ3n) is 1.73. The van der Waals surface area contributed by atoms with Crippen molar-refractivity contribution in [2.45, 2.75) is 46.5 Å². The van der Waals surface area contributed by atoms with Crippen LogP contribution >= 0.6 is 0 Å². The van der Waals surface area contributed by atoms with E-state index in [1.807, 2.05) is 19.9 Å². The molecule has 0 aromatic heterocycles. The molecule has 1 nitrogen and oxygen atoms in total. The van der Waals surface area contributed by atoms with Gasteiger partial charge in [-0.2, -0.15) is 0 Å². The molecule has 0 aliphatic heterocycles. The number of unbranched alkanes of at least 4 members (excludes halogenated alkanes) is 3. The molecule has 0 aliphatic carbocycles. The number of hydrogen-bond donors (Lipinski definition) is 0. The lowest BCUT2D eigenvalue weighted by Gasteiger charge is -2.04. The summed E-state index contributed by atoms with van der Waals surface area (Å²) < 4.78 is 5.40. The molecule has 0 aliphatic rings. The highest BCUT2D eigenvalue weighted by Gasteiger charge is 1.88. The highest BCUT2D eigenvalue weighted by atomic mass is 16.5. The van der Waals surface area contributed by atoms with E-state index in [0.717, 1.165) is 12.4 Å². The summed E-state index contributed by atoms with van der Waals surface area (Å²) in [7, 11) is 0. The minimum Gasteiger partial charge on any atom is -0.499 e. The van der Waals surface area contributed by atoms with Gasteiger partial charge in [0.05, 0.1) is 12.4 Å². The molecule has 0 unspecified atom stereocenters. The Labute approximate surface area is 70.4 Å². The van der Waals surface area contributed by atoms with E-state index in [0.29, 0.717) is 0 Å². The van der Waals surface area contributed by atoms with Crippen LogP contribution < -0.4 is 0 Å². The minimum atomic E-state index is 0.885. The van der Waals surface area contributed by atoms with Crippen molar-refractivity contribution in [2.24, 2.45) is 0 Å². The van der Waals surface area contributed by atoms with Crippen molar-refractivity contribution >= 4 is 0 Å². The van der Waals surface area contributed by atoms with Crippen LogP contribution in [-0.2, 0) is 4.74 Å². The molecule has 0 bridgehead atoms. The van der Waals surface area contributed by atoms with Crippen LogP contribution in [0.4, 0.5) is 0 Å². The summed E-state index contributed by atoms with van der Waals surface area (Å²) >= 11 is 0. The van der Waals surface area contributed by atoms with Crippen molar-refractivity contribution in [3.05, 3.63) is 11.8 Å². The van der Waals surface area contributed by atoms with Gasteiger partial charge in [0.15, 0.2) is 0 Å². The van der Waals surface area contributed by atoms with Gasteiger partial charge in [-0.05, 0) is 20.3 Å². The lowest BCUT2D eigenvalue weighted by molar-refractivity contribution is 0.206. The third-order valence-corrected chi connectivity index (χ3v) is 1.73. The molecule has 0 spiro atoms. The maximum atomic E-state index is 5.40. The fourth-order valence-electron chi connectivity index (χ4n) is 0.845. The number of hydrogen-bond acceptors (Lipinski definition) is 1. The van der Waals surface area contributed by atoms with Gasteiger partial charge in [0.2, 0.25) is 0 Å². The van der Waals surface area contributed by atoms with Gasteiger partial charge < -0.3 is 4.74 Å². The second kappa shape index (κ2) is 7.64. The molecule has 0 aromatic carbocycles. The van der Waals surface area contributed by atoms with E-state index < -0.39 is 0 Å². The zero-order valence-electron chi connectivity index (χ0n) is 8.02. The van der Waals surface area contributed by atoms with Crippen molar-refractivity contribution in [3.8, 4) is 0 Å². The largest absolute Gasteiger partial charge is 0.499 e. The Hall–Kier alpha value is -0.460. The predicted molar refractivity (Wildman–Crippen MR) is 49.5 cm³/mol. The zero-order chi connectivity index (χ0) is 8.53. The molecule has 0 N–H and O–H groups in total. The Morgan fingerprint density at radius 1 is 1.27 bits per heavy atom. The van der Waals surface area contributed by atoms with Crippen molar-refractivity contribution < 1.29 is 4.74 Å². The molecule has 0 heterocycles. The molecular formula is C10H20O. The minimum absolute atomic E-state index is 0.885. The van der Waals surface area contributed by atoms with Gasteiger partial charge in [0.1, 0.15) is 0 Å². The summed E-state index contributed by atoms with van der Waals surface area (Å²) in [5, 5.41) is 0. The quantitative estimate of drug-likeness (QED) is 0.422. The molecule has 0 fully saturated rings. The first-order chi connectivity index (χ1) is 5.31. The van der Waals surface area contributed by atoms with Gasteiger partial charge in [-0.1, -0.05) is 32.3 Å². The predicted octanol–water partition coefficient (Wildman–Crippen LogP) is 3.51. The number of ether oxygens (including phenoxy) is 1. The van der Waals surface area contributed by atoms with Gasteiger partial charge in [-0.3, -0.25) is 0 Å². The third kappa shape index (κ3) is 7.44. The van der Waals surface area contributed by atoms with Gasteiger partial charge in [0.25, 0.3) is 0 Å². The first-order valence-corrected chi connectivity index (χ1v) is 4.57. The summed E-state index contributed by atoms with van der Waals surface area (Å²) in [6, 6.07) is 0. The van der Waals surface area contributed by atoms with E-state index in [2.05, 4.69) is 6.92 Å². The zero-order valence-corrected chi connectivity index (χ0v) is 8.02. The van der Waals surface area contributed by atoms with Gasteiger partial charge >= 0.3 is 0 Å². The highest BCUT2D eigenvalue weighted by Crippen LogP contribution is 2.01. The Morgan fingerprint density at radius 2 is 2.00 bits per heavy atom. The SMILES string of the molecule is CC=C(C)OCCCCCC. The van der Waals surface area contributed by atoms with Crippen LogP contribution in [0.2, 0.25) is 0 Å². The second-order valence-electron chi connectivity index (χ2n) is 2.81. The summed E-state index contributed by atoms with van der Waals surface area (Å²) in [5.41, 5.74) is 0. The van der Waals surface area contributed by atoms with E-state index >= 15 is 0 Å². The maximum absolute atomic E-state index is 5.40. The highest BCUT2D eigenvalue weighted by molar-refractivity contribution is 4.83. The normalized spacial score (nSPS) is 11.7. The van der Waals surface area contributed by atoms with Crippen molar-refractivity contribution in [3.63, 3.8) is 0 Å². The average Bonchev–Trinajstić information content (AvgIpc) is 2.04.